The lowest BCUT2D eigenvalue weighted by Crippen LogP contribution is -2.64. The van der Waals surface area contributed by atoms with E-state index in [1.54, 1.807) is 24.3 Å². The standard InChI is InChI=1S/C31H44N4O6S/c1-31(2,3)34-19-11-16-25(34)28(37)33-27(26(36)18-17-22-12-7-5-8-13-22)35(29(38)24(32)21-42(4)40)30(39)41-20-23-14-9-6-10-15-23/h5-10,12-15,24-27,36H,11,16-21,32H2,1-4H3,(H,33,37)/t24-,25+,26?,27?,42?/m0/s1. The predicted molar refractivity (Wildman–Crippen MR) is 163 cm³/mol. The number of hydrogen-bond acceptors (Lipinski definition) is 8. The summed E-state index contributed by atoms with van der Waals surface area (Å²) in [6.07, 6.45) is -0.500. The topological polar surface area (TPSA) is 142 Å². The van der Waals surface area contributed by atoms with Crippen molar-refractivity contribution in [3.05, 3.63) is 71.8 Å². The van der Waals surface area contributed by atoms with Crippen LogP contribution in [-0.4, -0.2) is 85.5 Å². The zero-order chi connectivity index (χ0) is 30.9. The maximum Gasteiger partial charge on any atom is 0.418 e. The highest BCUT2D eigenvalue weighted by Crippen LogP contribution is 2.27. The molecule has 0 saturated carbocycles. The van der Waals surface area contributed by atoms with Gasteiger partial charge in [-0.1, -0.05) is 60.7 Å². The molecule has 1 saturated heterocycles. The van der Waals surface area contributed by atoms with Gasteiger partial charge in [0.2, 0.25) is 5.91 Å². The van der Waals surface area contributed by atoms with Crippen molar-refractivity contribution < 1.29 is 28.4 Å². The van der Waals surface area contributed by atoms with Crippen LogP contribution in [0.25, 0.3) is 0 Å². The number of nitrogens with two attached hydrogens (primary N) is 1. The fourth-order valence-electron chi connectivity index (χ4n) is 5.17. The molecular formula is C31H44N4O6S. The number of imide groups is 1. The molecule has 3 unspecified atom stereocenters. The summed E-state index contributed by atoms with van der Waals surface area (Å²) in [5.74, 6) is -1.51. The van der Waals surface area contributed by atoms with E-state index < -0.39 is 53.1 Å². The maximum atomic E-state index is 13.7. The van der Waals surface area contributed by atoms with E-state index in [9.17, 15) is 23.7 Å². The second-order valence-electron chi connectivity index (χ2n) is 11.7. The van der Waals surface area contributed by atoms with Crippen molar-refractivity contribution in [2.75, 3.05) is 18.6 Å². The van der Waals surface area contributed by atoms with Gasteiger partial charge < -0.3 is 20.9 Å². The monoisotopic (exact) mass is 600 g/mol. The van der Waals surface area contributed by atoms with E-state index in [1.165, 1.54) is 6.26 Å². The molecule has 0 radical (unpaired) electrons. The molecule has 3 rings (SSSR count). The van der Waals surface area contributed by atoms with E-state index in [0.29, 0.717) is 23.3 Å². The summed E-state index contributed by atoms with van der Waals surface area (Å²) in [7, 11) is -1.44. The second-order valence-corrected chi connectivity index (χ2v) is 13.1. The molecule has 42 heavy (non-hydrogen) atoms. The number of aliphatic hydroxyl groups is 1. The number of carbonyl (C=O) groups excluding carboxylic acids is 3. The predicted octanol–water partition coefficient (Wildman–Crippen LogP) is 2.56. The van der Waals surface area contributed by atoms with E-state index in [1.807, 2.05) is 57.2 Å². The number of aryl methyl sites for hydroxylation is 1. The lowest BCUT2D eigenvalue weighted by Gasteiger charge is -2.39. The highest BCUT2D eigenvalue weighted by molar-refractivity contribution is 7.84. The van der Waals surface area contributed by atoms with Gasteiger partial charge in [-0.05, 0) is 64.1 Å². The fourth-order valence-corrected chi connectivity index (χ4v) is 5.81. The number of carbonyl (C=O) groups is 3. The number of ether oxygens (including phenoxy) is 1. The number of rotatable bonds is 12. The average molecular weight is 601 g/mol. The molecule has 0 aromatic heterocycles. The molecule has 5 atom stereocenters. The number of nitrogens with zero attached hydrogens (tertiary/aromatic N) is 2. The molecule has 1 heterocycles. The van der Waals surface area contributed by atoms with Crippen molar-refractivity contribution in [2.24, 2.45) is 5.73 Å². The van der Waals surface area contributed by atoms with Crippen LogP contribution in [0.4, 0.5) is 4.79 Å². The van der Waals surface area contributed by atoms with Crippen molar-refractivity contribution in [2.45, 2.75) is 83.0 Å². The Balaban J connectivity index is 1.94. The van der Waals surface area contributed by atoms with Crippen molar-refractivity contribution >= 4 is 28.7 Å². The van der Waals surface area contributed by atoms with Crippen LogP contribution in [0.2, 0.25) is 0 Å². The van der Waals surface area contributed by atoms with Crippen molar-refractivity contribution in [3.8, 4) is 0 Å². The van der Waals surface area contributed by atoms with Gasteiger partial charge in [0.15, 0.2) is 0 Å². The number of aliphatic hydroxyl groups excluding tert-OH is 1. The minimum absolute atomic E-state index is 0.132. The Labute approximate surface area is 251 Å². The Morgan fingerprint density at radius 2 is 1.69 bits per heavy atom. The van der Waals surface area contributed by atoms with E-state index >= 15 is 0 Å². The molecule has 1 aliphatic rings. The first-order valence-corrected chi connectivity index (χ1v) is 16.0. The summed E-state index contributed by atoms with van der Waals surface area (Å²) in [5, 5.41) is 14.3. The third-order valence-corrected chi connectivity index (χ3v) is 8.12. The van der Waals surface area contributed by atoms with Crippen LogP contribution >= 0.6 is 0 Å². The van der Waals surface area contributed by atoms with E-state index in [4.69, 9.17) is 10.5 Å². The Hall–Kier alpha value is -3.12. The molecule has 2 aromatic carbocycles. The first-order valence-electron chi connectivity index (χ1n) is 14.3. The van der Waals surface area contributed by atoms with Crippen LogP contribution in [0, 0.1) is 0 Å². The van der Waals surface area contributed by atoms with Crippen molar-refractivity contribution in [1.82, 2.24) is 15.1 Å². The maximum absolute atomic E-state index is 13.7. The summed E-state index contributed by atoms with van der Waals surface area (Å²) in [4.78, 5) is 43.7. The summed E-state index contributed by atoms with van der Waals surface area (Å²) in [6, 6.07) is 16.5. The van der Waals surface area contributed by atoms with Gasteiger partial charge in [-0.3, -0.25) is 18.7 Å². The Morgan fingerprint density at radius 1 is 1.10 bits per heavy atom. The van der Waals surface area contributed by atoms with Gasteiger partial charge in [-0.15, -0.1) is 0 Å². The smallest absolute Gasteiger partial charge is 0.418 e. The number of likely N-dealkylation sites (tertiary alicyclic amines) is 1. The summed E-state index contributed by atoms with van der Waals surface area (Å²) >= 11 is 0. The molecule has 0 bridgehead atoms. The second kappa shape index (κ2) is 15.4. The van der Waals surface area contributed by atoms with Gasteiger partial charge in [-0.25, -0.2) is 9.69 Å². The van der Waals surface area contributed by atoms with Gasteiger partial charge in [0.05, 0.1) is 18.2 Å². The minimum Gasteiger partial charge on any atom is -0.444 e. The third kappa shape index (κ3) is 9.45. The van der Waals surface area contributed by atoms with Crippen LogP contribution in [0.15, 0.2) is 60.7 Å². The molecule has 11 heteroatoms. The highest BCUT2D eigenvalue weighted by Gasteiger charge is 2.43. The van der Waals surface area contributed by atoms with E-state index in [0.717, 1.165) is 18.5 Å². The molecule has 3 amide bonds. The number of benzene rings is 2. The number of amides is 3. The molecule has 1 fully saturated rings. The van der Waals surface area contributed by atoms with Crippen LogP contribution in [-0.2, 0) is 38.2 Å². The molecule has 0 spiro atoms. The zero-order valence-electron chi connectivity index (χ0n) is 24.9. The normalized spacial score (nSPS) is 18.5. The first-order chi connectivity index (χ1) is 19.9. The highest BCUT2D eigenvalue weighted by atomic mass is 32.2. The Bertz CT molecular complexity index is 1210. The fraction of sp³-hybridized carbons (Fsp3) is 0.516. The zero-order valence-corrected chi connectivity index (χ0v) is 25.7. The average Bonchev–Trinajstić information content (AvgIpc) is 3.46. The van der Waals surface area contributed by atoms with Crippen molar-refractivity contribution in [3.63, 3.8) is 0 Å². The molecule has 0 aliphatic carbocycles. The van der Waals surface area contributed by atoms with Gasteiger partial charge >= 0.3 is 6.09 Å². The first kappa shape index (κ1) is 33.4. The molecule has 10 nitrogen and oxygen atoms in total. The summed E-state index contributed by atoms with van der Waals surface area (Å²) in [5.41, 5.74) is 7.44. The summed E-state index contributed by atoms with van der Waals surface area (Å²) in [6.45, 7) is 6.64. The van der Waals surface area contributed by atoms with Gasteiger partial charge in [-0.2, -0.15) is 0 Å². The molecular weight excluding hydrogens is 556 g/mol. The van der Waals surface area contributed by atoms with Gasteiger partial charge in [0.1, 0.15) is 12.8 Å². The quantitative estimate of drug-likeness (QED) is 0.316. The lowest BCUT2D eigenvalue weighted by atomic mass is 10.0. The van der Waals surface area contributed by atoms with Crippen LogP contribution < -0.4 is 11.1 Å². The van der Waals surface area contributed by atoms with E-state index in [2.05, 4.69) is 10.2 Å². The molecule has 1 aliphatic heterocycles. The van der Waals surface area contributed by atoms with Crippen molar-refractivity contribution in [1.29, 1.82) is 0 Å². The number of nitrogens with one attached hydrogen (secondary N) is 1. The SMILES string of the molecule is CS(=O)C[C@H](N)C(=O)N(C(=O)OCc1ccccc1)C(NC(=O)[C@H]1CCCN1C(C)(C)C)C(O)CCc1ccccc1. The Morgan fingerprint density at radius 3 is 2.26 bits per heavy atom. The van der Waals surface area contributed by atoms with Gasteiger partial charge in [0, 0.05) is 28.3 Å². The minimum atomic E-state index is -1.46. The largest absolute Gasteiger partial charge is 0.444 e. The molecule has 2 aromatic rings. The molecule has 4 N–H and O–H groups in total. The van der Waals surface area contributed by atoms with Gasteiger partial charge in [0.25, 0.3) is 5.91 Å². The van der Waals surface area contributed by atoms with Crippen LogP contribution in [0.5, 0.6) is 0 Å². The molecule has 230 valence electrons. The third-order valence-electron chi connectivity index (χ3n) is 7.29. The lowest BCUT2D eigenvalue weighted by molar-refractivity contribution is -0.139. The summed E-state index contributed by atoms with van der Waals surface area (Å²) < 4.78 is 17.4. The van der Waals surface area contributed by atoms with Crippen LogP contribution in [0.3, 0.4) is 0 Å². The Kier molecular flexibility index (Phi) is 12.2. The van der Waals surface area contributed by atoms with E-state index in [-0.39, 0.29) is 24.3 Å². The van der Waals surface area contributed by atoms with Crippen LogP contribution in [0.1, 0.15) is 51.2 Å². The number of hydrogen-bond donors (Lipinski definition) is 3.